The first-order chi connectivity index (χ1) is 15.4. The van der Waals surface area contributed by atoms with Crippen LogP contribution in [0.15, 0.2) is 18.2 Å². The zero-order valence-electron chi connectivity index (χ0n) is 20.2. The lowest BCUT2D eigenvalue weighted by atomic mass is 10.1. The third-order valence-corrected chi connectivity index (χ3v) is 4.38. The van der Waals surface area contributed by atoms with E-state index < -0.39 is 36.0 Å². The maximum atomic E-state index is 12.3. The lowest BCUT2D eigenvalue weighted by Gasteiger charge is -2.17. The Balaban J connectivity index is 2.84. The average Bonchev–Trinajstić information content (AvgIpc) is 2.73. The van der Waals surface area contributed by atoms with Gasteiger partial charge in [0, 0.05) is 6.42 Å². The molecule has 0 aliphatic carbocycles. The molecule has 0 radical (unpaired) electrons. The van der Waals surface area contributed by atoms with Gasteiger partial charge >= 0.3 is 23.9 Å². The molecule has 0 aromatic heterocycles. The molecule has 0 fully saturated rings. The molecule has 0 saturated heterocycles. The first kappa shape index (κ1) is 28.1. The van der Waals surface area contributed by atoms with Crippen molar-refractivity contribution in [2.75, 3.05) is 6.61 Å². The van der Waals surface area contributed by atoms with E-state index >= 15 is 0 Å². The predicted molar refractivity (Wildman–Crippen MR) is 120 cm³/mol. The summed E-state index contributed by atoms with van der Waals surface area (Å²) in [4.78, 5) is 47.8. The number of ether oxygens (including phenoxy) is 4. The van der Waals surface area contributed by atoms with Crippen LogP contribution in [0.3, 0.4) is 0 Å². The second-order valence-electron chi connectivity index (χ2n) is 8.42. The Labute approximate surface area is 194 Å². The molecule has 0 spiro atoms. The van der Waals surface area contributed by atoms with Crippen molar-refractivity contribution in [3.05, 3.63) is 23.8 Å². The normalized spacial score (nSPS) is 12.8. The molecule has 33 heavy (non-hydrogen) atoms. The molecule has 184 valence electrons. The van der Waals surface area contributed by atoms with Crippen LogP contribution in [0, 0.1) is 11.8 Å². The van der Waals surface area contributed by atoms with Crippen LogP contribution < -0.4 is 15.2 Å². The van der Waals surface area contributed by atoms with E-state index in [1.54, 1.807) is 40.7 Å². The number of carbonyl (C=O) groups excluding carboxylic acids is 4. The Morgan fingerprint density at radius 1 is 0.879 bits per heavy atom. The fraction of sp³-hybridized carbons (Fsp3) is 0.583. The van der Waals surface area contributed by atoms with Gasteiger partial charge in [0.15, 0.2) is 11.5 Å². The van der Waals surface area contributed by atoms with Crippen LogP contribution in [0.25, 0.3) is 0 Å². The molecular weight excluding hydrogens is 430 g/mol. The second kappa shape index (κ2) is 13.6. The Morgan fingerprint density at radius 2 is 1.45 bits per heavy atom. The van der Waals surface area contributed by atoms with Gasteiger partial charge in [0.25, 0.3) is 0 Å². The quantitative estimate of drug-likeness (QED) is 0.365. The van der Waals surface area contributed by atoms with E-state index in [-0.39, 0.29) is 36.4 Å². The Bertz CT molecular complexity index is 834. The highest BCUT2D eigenvalue weighted by Gasteiger charge is 2.21. The van der Waals surface area contributed by atoms with Gasteiger partial charge in [-0.3, -0.25) is 19.2 Å². The summed E-state index contributed by atoms with van der Waals surface area (Å²) >= 11 is 0. The molecule has 9 heteroatoms. The third-order valence-electron chi connectivity index (χ3n) is 4.38. The van der Waals surface area contributed by atoms with Crippen molar-refractivity contribution in [3.8, 4) is 11.5 Å². The molecule has 0 aliphatic heterocycles. The van der Waals surface area contributed by atoms with Crippen LogP contribution in [-0.2, 0) is 35.1 Å². The highest BCUT2D eigenvalue weighted by atomic mass is 16.6. The Morgan fingerprint density at radius 3 is 2.00 bits per heavy atom. The molecule has 2 N–H and O–H groups in total. The lowest BCUT2D eigenvalue weighted by molar-refractivity contribution is -0.158. The molecule has 1 rings (SSSR count). The summed E-state index contributed by atoms with van der Waals surface area (Å²) in [6.07, 6.45) is 0.467. The number of benzene rings is 1. The van der Waals surface area contributed by atoms with E-state index in [4.69, 9.17) is 24.7 Å². The van der Waals surface area contributed by atoms with Gasteiger partial charge in [-0.1, -0.05) is 40.7 Å². The van der Waals surface area contributed by atoms with Crippen molar-refractivity contribution >= 4 is 23.9 Å². The maximum Gasteiger partial charge on any atom is 0.323 e. The number of rotatable bonds is 12. The van der Waals surface area contributed by atoms with Gasteiger partial charge in [-0.05, 0) is 37.5 Å². The topological polar surface area (TPSA) is 131 Å². The van der Waals surface area contributed by atoms with E-state index in [0.717, 1.165) is 0 Å². The zero-order valence-corrected chi connectivity index (χ0v) is 20.2. The summed E-state index contributed by atoms with van der Waals surface area (Å²) in [6.45, 7) is 10.1. The van der Waals surface area contributed by atoms with E-state index in [1.807, 2.05) is 6.92 Å². The van der Waals surface area contributed by atoms with Crippen LogP contribution in [0.2, 0.25) is 0 Å². The molecule has 0 unspecified atom stereocenters. The largest absolute Gasteiger partial charge is 0.461 e. The minimum atomic E-state index is -0.999. The number of hydrogen-bond donors (Lipinski definition) is 1. The highest BCUT2D eigenvalue weighted by molar-refractivity contribution is 5.78. The summed E-state index contributed by atoms with van der Waals surface area (Å²) in [5.41, 5.74) is 6.55. The van der Waals surface area contributed by atoms with Crippen molar-refractivity contribution in [2.24, 2.45) is 17.6 Å². The third kappa shape index (κ3) is 10.0. The molecule has 0 amide bonds. The van der Waals surface area contributed by atoms with E-state index in [9.17, 15) is 19.2 Å². The molecule has 0 aliphatic rings. The van der Waals surface area contributed by atoms with E-state index in [2.05, 4.69) is 0 Å². The van der Waals surface area contributed by atoms with Crippen molar-refractivity contribution < 1.29 is 38.1 Å². The van der Waals surface area contributed by atoms with Crippen molar-refractivity contribution in [2.45, 2.75) is 73.0 Å². The fourth-order valence-electron chi connectivity index (χ4n) is 2.46. The first-order valence-electron chi connectivity index (χ1n) is 11.1. The van der Waals surface area contributed by atoms with Crippen LogP contribution >= 0.6 is 0 Å². The summed E-state index contributed by atoms with van der Waals surface area (Å²) in [5.74, 6) is -2.58. The smallest absolute Gasteiger partial charge is 0.323 e. The van der Waals surface area contributed by atoms with Gasteiger partial charge < -0.3 is 24.7 Å². The zero-order chi connectivity index (χ0) is 25.1. The van der Waals surface area contributed by atoms with Crippen LogP contribution in [0.4, 0.5) is 0 Å². The molecule has 1 aromatic rings. The summed E-state index contributed by atoms with van der Waals surface area (Å²) in [6, 6.07) is 3.62. The number of esters is 4. The Kier molecular flexibility index (Phi) is 11.6. The Hall–Kier alpha value is -2.94. The highest BCUT2D eigenvalue weighted by Crippen LogP contribution is 2.30. The average molecular weight is 466 g/mol. The molecule has 1 aromatic carbocycles. The SMILES string of the molecule is CCCC(=O)O[C@@H](C)COC(=O)[C@@H](N)Cc1ccc(OC(=O)C(C)C)c(OC(=O)C(C)C)c1. The van der Waals surface area contributed by atoms with Crippen LogP contribution in [0.5, 0.6) is 11.5 Å². The van der Waals surface area contributed by atoms with Crippen molar-refractivity contribution in [3.63, 3.8) is 0 Å². The summed E-state index contributed by atoms with van der Waals surface area (Å²) in [5, 5.41) is 0. The molecule has 9 nitrogen and oxygen atoms in total. The maximum absolute atomic E-state index is 12.3. The van der Waals surface area contributed by atoms with Crippen LogP contribution in [-0.4, -0.2) is 42.6 Å². The first-order valence-corrected chi connectivity index (χ1v) is 11.1. The summed E-state index contributed by atoms with van der Waals surface area (Å²) in [7, 11) is 0. The lowest BCUT2D eigenvalue weighted by Crippen LogP contribution is -2.36. The van der Waals surface area contributed by atoms with Gasteiger partial charge in [0.1, 0.15) is 18.8 Å². The minimum absolute atomic E-state index is 0.0669. The minimum Gasteiger partial charge on any atom is -0.461 e. The van der Waals surface area contributed by atoms with Gasteiger partial charge in [-0.2, -0.15) is 0 Å². The second-order valence-corrected chi connectivity index (χ2v) is 8.42. The molecule has 2 atom stereocenters. The predicted octanol–water partition coefficient (Wildman–Crippen LogP) is 2.95. The van der Waals surface area contributed by atoms with Gasteiger partial charge in [0.2, 0.25) is 0 Å². The number of carbonyl (C=O) groups is 4. The van der Waals surface area contributed by atoms with Crippen molar-refractivity contribution in [1.82, 2.24) is 0 Å². The van der Waals surface area contributed by atoms with E-state index in [1.165, 1.54) is 12.1 Å². The molecule has 0 heterocycles. The number of nitrogens with two attached hydrogens (primary N) is 1. The van der Waals surface area contributed by atoms with Crippen molar-refractivity contribution in [1.29, 1.82) is 0 Å². The van der Waals surface area contributed by atoms with Crippen LogP contribution in [0.1, 0.15) is 59.9 Å². The van der Waals surface area contributed by atoms with Gasteiger partial charge in [0.05, 0.1) is 11.8 Å². The number of hydrogen-bond acceptors (Lipinski definition) is 9. The summed E-state index contributed by atoms with van der Waals surface area (Å²) < 4.78 is 21.0. The molecule has 0 saturated carbocycles. The molecular formula is C24H35NO8. The van der Waals surface area contributed by atoms with Gasteiger partial charge in [-0.25, -0.2) is 0 Å². The monoisotopic (exact) mass is 465 g/mol. The van der Waals surface area contributed by atoms with E-state index in [0.29, 0.717) is 18.4 Å². The standard InChI is InChI=1S/C24H35NO8/c1-7-8-21(26)31-16(6)13-30-24(29)18(25)11-17-9-10-19(32-22(27)14(2)3)20(12-17)33-23(28)15(4)5/h9-10,12,14-16,18H,7-8,11,13,25H2,1-6H3/t16-,18-/m0/s1. The fourth-order valence-corrected chi connectivity index (χ4v) is 2.46. The molecule has 0 bridgehead atoms. The van der Waals surface area contributed by atoms with Gasteiger partial charge in [-0.15, -0.1) is 0 Å².